The Bertz CT molecular complexity index is 1310. The molecular formula is C33H39N3O3. The molecule has 3 aromatic rings. The lowest BCUT2D eigenvalue weighted by molar-refractivity contribution is -0.141. The molecule has 1 N–H and O–H groups in total. The SMILES string of the molecule is CC[C@H](C(=O)NC1CCCCC1)N(CCc1ccccc1)C(=O)CCCN1C(=O)c2cccc3cccc1c23. The van der Waals surface area contributed by atoms with Gasteiger partial charge >= 0.3 is 0 Å². The number of nitrogens with zero attached hydrogens (tertiary/aromatic N) is 2. The molecule has 1 aliphatic heterocycles. The van der Waals surface area contributed by atoms with Gasteiger partial charge in [-0.2, -0.15) is 0 Å². The molecule has 5 rings (SSSR count). The Kier molecular flexibility index (Phi) is 8.60. The number of nitrogens with one attached hydrogen (secondary N) is 1. The first-order valence-corrected chi connectivity index (χ1v) is 14.5. The van der Waals surface area contributed by atoms with Crippen LogP contribution in [0.15, 0.2) is 66.7 Å². The van der Waals surface area contributed by atoms with E-state index in [0.717, 1.165) is 53.3 Å². The van der Waals surface area contributed by atoms with Crippen molar-refractivity contribution in [2.45, 2.75) is 76.8 Å². The summed E-state index contributed by atoms with van der Waals surface area (Å²) in [5, 5.41) is 5.29. The van der Waals surface area contributed by atoms with E-state index in [4.69, 9.17) is 0 Å². The van der Waals surface area contributed by atoms with Crippen LogP contribution in [-0.2, 0) is 16.0 Å². The molecule has 1 aliphatic carbocycles. The van der Waals surface area contributed by atoms with E-state index in [-0.39, 0.29) is 30.2 Å². The average Bonchev–Trinajstić information content (AvgIpc) is 3.24. The Labute approximate surface area is 231 Å². The Morgan fingerprint density at radius 1 is 0.974 bits per heavy atom. The fraction of sp³-hybridized carbons (Fsp3) is 0.424. The van der Waals surface area contributed by atoms with Crippen molar-refractivity contribution in [3.63, 3.8) is 0 Å². The highest BCUT2D eigenvalue weighted by molar-refractivity contribution is 6.25. The first-order chi connectivity index (χ1) is 19.1. The summed E-state index contributed by atoms with van der Waals surface area (Å²) in [6.07, 6.45) is 7.64. The van der Waals surface area contributed by atoms with E-state index in [1.54, 1.807) is 9.80 Å². The van der Waals surface area contributed by atoms with Gasteiger partial charge in [-0.25, -0.2) is 0 Å². The Balaban J connectivity index is 1.26. The number of hydrogen-bond donors (Lipinski definition) is 1. The molecule has 6 heteroatoms. The van der Waals surface area contributed by atoms with Crippen LogP contribution in [0.1, 0.15) is 74.2 Å². The topological polar surface area (TPSA) is 69.7 Å². The normalized spacial score (nSPS) is 15.9. The van der Waals surface area contributed by atoms with Gasteiger partial charge in [0, 0.05) is 36.5 Å². The highest BCUT2D eigenvalue weighted by Gasteiger charge is 2.32. The Morgan fingerprint density at radius 2 is 1.72 bits per heavy atom. The lowest BCUT2D eigenvalue weighted by Crippen LogP contribution is -2.52. The number of anilines is 1. The number of hydrogen-bond acceptors (Lipinski definition) is 3. The average molecular weight is 526 g/mol. The zero-order chi connectivity index (χ0) is 27.2. The van der Waals surface area contributed by atoms with Gasteiger partial charge in [0.05, 0.1) is 5.69 Å². The summed E-state index contributed by atoms with van der Waals surface area (Å²) >= 11 is 0. The van der Waals surface area contributed by atoms with Crippen molar-refractivity contribution < 1.29 is 14.4 Å². The summed E-state index contributed by atoms with van der Waals surface area (Å²) in [5.74, 6) is -0.0740. The van der Waals surface area contributed by atoms with E-state index in [9.17, 15) is 14.4 Å². The lowest BCUT2D eigenvalue weighted by atomic mass is 9.95. The van der Waals surface area contributed by atoms with Crippen LogP contribution in [0.2, 0.25) is 0 Å². The van der Waals surface area contributed by atoms with Gasteiger partial charge < -0.3 is 15.1 Å². The maximum atomic E-state index is 13.7. The highest BCUT2D eigenvalue weighted by atomic mass is 16.2. The van der Waals surface area contributed by atoms with Crippen molar-refractivity contribution in [2.75, 3.05) is 18.0 Å². The van der Waals surface area contributed by atoms with Gasteiger partial charge in [0.2, 0.25) is 11.8 Å². The fourth-order valence-corrected chi connectivity index (χ4v) is 6.17. The van der Waals surface area contributed by atoms with Gasteiger partial charge in [-0.15, -0.1) is 0 Å². The third-order valence-electron chi connectivity index (χ3n) is 8.24. The summed E-state index contributed by atoms with van der Waals surface area (Å²) in [7, 11) is 0. The van der Waals surface area contributed by atoms with Crippen LogP contribution in [0.3, 0.4) is 0 Å². The number of carbonyl (C=O) groups excluding carboxylic acids is 3. The minimum atomic E-state index is -0.491. The van der Waals surface area contributed by atoms with Crippen LogP contribution >= 0.6 is 0 Å². The van der Waals surface area contributed by atoms with Gasteiger partial charge in [-0.3, -0.25) is 14.4 Å². The number of rotatable bonds is 11. The predicted octanol–water partition coefficient (Wildman–Crippen LogP) is 5.88. The van der Waals surface area contributed by atoms with Crippen LogP contribution in [0.4, 0.5) is 5.69 Å². The first-order valence-electron chi connectivity index (χ1n) is 14.5. The molecule has 0 bridgehead atoms. The second-order valence-electron chi connectivity index (χ2n) is 10.8. The van der Waals surface area contributed by atoms with Crippen LogP contribution in [0.25, 0.3) is 10.8 Å². The molecule has 1 fully saturated rings. The lowest BCUT2D eigenvalue weighted by Gasteiger charge is -2.33. The van der Waals surface area contributed by atoms with E-state index in [1.807, 2.05) is 61.5 Å². The standard InChI is InChI=1S/C33H39N3O3/c1-2-28(32(38)34-26-16-7-4-8-17-26)35(23-21-24-12-5-3-6-13-24)30(37)20-11-22-36-29-19-10-15-25-14-9-18-27(31(25)29)33(36)39/h3,5-6,9-10,12-15,18-19,26,28H,2,4,7-8,11,16-17,20-23H2,1H3,(H,34,38)/t28-/m1/s1. The molecular weight excluding hydrogens is 486 g/mol. The monoisotopic (exact) mass is 525 g/mol. The van der Waals surface area contributed by atoms with E-state index in [0.29, 0.717) is 32.4 Å². The first kappa shape index (κ1) is 26.9. The van der Waals surface area contributed by atoms with E-state index in [2.05, 4.69) is 17.4 Å². The fourth-order valence-electron chi connectivity index (χ4n) is 6.17. The molecule has 1 saturated carbocycles. The molecule has 0 spiro atoms. The molecule has 39 heavy (non-hydrogen) atoms. The smallest absolute Gasteiger partial charge is 0.258 e. The number of amides is 3. The molecule has 3 amide bonds. The molecule has 0 aromatic heterocycles. The van der Waals surface area contributed by atoms with Crippen molar-refractivity contribution >= 4 is 34.2 Å². The summed E-state index contributed by atoms with van der Waals surface area (Å²) in [5.41, 5.74) is 2.79. The second kappa shape index (κ2) is 12.5. The van der Waals surface area contributed by atoms with Gasteiger partial charge in [0.25, 0.3) is 5.91 Å². The second-order valence-corrected chi connectivity index (χ2v) is 10.8. The van der Waals surface area contributed by atoms with E-state index >= 15 is 0 Å². The summed E-state index contributed by atoms with van der Waals surface area (Å²) in [6, 6.07) is 21.6. The number of benzene rings is 3. The minimum Gasteiger partial charge on any atom is -0.352 e. The third-order valence-corrected chi connectivity index (χ3v) is 8.24. The molecule has 0 saturated heterocycles. The summed E-state index contributed by atoms with van der Waals surface area (Å²) in [6.45, 7) is 2.94. The molecule has 0 unspecified atom stereocenters. The predicted molar refractivity (Wildman–Crippen MR) is 156 cm³/mol. The Hall–Kier alpha value is -3.67. The van der Waals surface area contributed by atoms with Crippen molar-refractivity contribution in [3.8, 4) is 0 Å². The van der Waals surface area contributed by atoms with Crippen molar-refractivity contribution in [1.29, 1.82) is 0 Å². The molecule has 1 atom stereocenters. The van der Waals surface area contributed by atoms with Gasteiger partial charge in [-0.05, 0) is 55.2 Å². The highest BCUT2D eigenvalue weighted by Crippen LogP contribution is 2.37. The van der Waals surface area contributed by atoms with Crippen LogP contribution < -0.4 is 10.2 Å². The third kappa shape index (κ3) is 6.00. The molecule has 204 valence electrons. The summed E-state index contributed by atoms with van der Waals surface area (Å²) in [4.78, 5) is 43.8. The largest absolute Gasteiger partial charge is 0.352 e. The molecule has 2 aliphatic rings. The van der Waals surface area contributed by atoms with Gasteiger partial charge in [-0.1, -0.05) is 80.8 Å². The van der Waals surface area contributed by atoms with Gasteiger partial charge in [0.1, 0.15) is 6.04 Å². The van der Waals surface area contributed by atoms with Crippen molar-refractivity contribution in [1.82, 2.24) is 10.2 Å². The maximum Gasteiger partial charge on any atom is 0.258 e. The zero-order valence-corrected chi connectivity index (χ0v) is 22.9. The summed E-state index contributed by atoms with van der Waals surface area (Å²) < 4.78 is 0. The maximum absolute atomic E-state index is 13.7. The van der Waals surface area contributed by atoms with Crippen LogP contribution in [-0.4, -0.2) is 47.8 Å². The zero-order valence-electron chi connectivity index (χ0n) is 22.9. The molecule has 0 radical (unpaired) electrons. The number of carbonyl (C=O) groups is 3. The minimum absolute atomic E-state index is 0.00604. The van der Waals surface area contributed by atoms with Crippen molar-refractivity contribution in [2.24, 2.45) is 0 Å². The van der Waals surface area contributed by atoms with Crippen LogP contribution in [0, 0.1) is 0 Å². The van der Waals surface area contributed by atoms with E-state index < -0.39 is 6.04 Å². The van der Waals surface area contributed by atoms with E-state index in [1.165, 1.54) is 6.42 Å². The van der Waals surface area contributed by atoms with Gasteiger partial charge in [0.15, 0.2) is 0 Å². The Morgan fingerprint density at radius 3 is 2.46 bits per heavy atom. The molecule has 6 nitrogen and oxygen atoms in total. The van der Waals surface area contributed by atoms with Crippen LogP contribution in [0.5, 0.6) is 0 Å². The molecule has 3 aromatic carbocycles. The quantitative estimate of drug-likeness (QED) is 0.340. The van der Waals surface area contributed by atoms with Crippen molar-refractivity contribution in [3.05, 3.63) is 77.9 Å². The molecule has 1 heterocycles.